The number of hydrogen-bond donors (Lipinski definition) is 1. The summed E-state index contributed by atoms with van der Waals surface area (Å²) in [7, 11) is 0. The summed E-state index contributed by atoms with van der Waals surface area (Å²) in [6.45, 7) is 3.37. The minimum absolute atomic E-state index is 0.122. The van der Waals surface area contributed by atoms with Crippen molar-refractivity contribution in [1.29, 1.82) is 0 Å². The Morgan fingerprint density at radius 1 is 1.00 bits per heavy atom. The average molecular weight is 365 g/mol. The lowest BCUT2D eigenvalue weighted by Gasteiger charge is -2.29. The number of aromatic nitrogens is 1. The van der Waals surface area contributed by atoms with Crippen molar-refractivity contribution in [1.82, 2.24) is 10.3 Å². The fourth-order valence-corrected chi connectivity index (χ4v) is 4.83. The maximum absolute atomic E-state index is 14.4. The standard InChI is InChI=1S/C20H16FN3OS/c21-14-6-3-5-13-17(25)16-12-4-1-2-7-15(12)23-20(19(16)26-18(13)14)24-10-8-22-9-11-24/h1-7,22H,8-11H2. The maximum Gasteiger partial charge on any atom is 0.196 e. The van der Waals surface area contributed by atoms with Gasteiger partial charge < -0.3 is 10.2 Å². The molecule has 1 aliphatic rings. The first-order valence-electron chi connectivity index (χ1n) is 8.63. The number of fused-ring (bicyclic) bond motifs is 4. The van der Waals surface area contributed by atoms with Gasteiger partial charge in [-0.05, 0) is 18.2 Å². The van der Waals surface area contributed by atoms with E-state index in [2.05, 4.69) is 10.2 Å². The second kappa shape index (κ2) is 6.00. The van der Waals surface area contributed by atoms with Gasteiger partial charge in [0, 0.05) is 37.0 Å². The Balaban J connectivity index is 1.98. The third-order valence-electron chi connectivity index (χ3n) is 4.89. The van der Waals surface area contributed by atoms with Gasteiger partial charge in [-0.3, -0.25) is 4.79 Å². The number of halogens is 1. The van der Waals surface area contributed by atoms with E-state index in [1.807, 2.05) is 24.3 Å². The van der Waals surface area contributed by atoms with Crippen LogP contribution in [0.4, 0.5) is 10.2 Å². The van der Waals surface area contributed by atoms with E-state index in [0.29, 0.717) is 15.5 Å². The third-order valence-corrected chi connectivity index (χ3v) is 6.10. The Bertz CT molecular complexity index is 1210. The highest BCUT2D eigenvalue weighted by Crippen LogP contribution is 2.36. The highest BCUT2D eigenvalue weighted by atomic mass is 32.1. The van der Waals surface area contributed by atoms with Gasteiger partial charge in [-0.1, -0.05) is 24.3 Å². The number of nitrogens with one attached hydrogen (secondary N) is 1. The molecule has 1 fully saturated rings. The molecule has 130 valence electrons. The first-order valence-corrected chi connectivity index (χ1v) is 9.45. The molecular formula is C20H16FN3OS. The first-order chi connectivity index (χ1) is 12.7. The number of pyridine rings is 1. The Kier molecular flexibility index (Phi) is 3.62. The summed E-state index contributed by atoms with van der Waals surface area (Å²) in [4.78, 5) is 20.3. The number of hydrogen-bond acceptors (Lipinski definition) is 5. The summed E-state index contributed by atoms with van der Waals surface area (Å²) in [6, 6.07) is 12.4. The van der Waals surface area contributed by atoms with Gasteiger partial charge in [-0.15, -0.1) is 11.3 Å². The van der Waals surface area contributed by atoms with E-state index < -0.39 is 0 Å². The summed E-state index contributed by atoms with van der Waals surface area (Å²) < 4.78 is 15.6. The molecule has 0 saturated carbocycles. The van der Waals surface area contributed by atoms with Crippen molar-refractivity contribution in [3.05, 3.63) is 58.5 Å². The fourth-order valence-electron chi connectivity index (χ4n) is 3.62. The highest BCUT2D eigenvalue weighted by molar-refractivity contribution is 7.25. The predicted octanol–water partition coefficient (Wildman–Crippen LogP) is 3.51. The van der Waals surface area contributed by atoms with E-state index in [1.165, 1.54) is 17.4 Å². The molecule has 0 bridgehead atoms. The van der Waals surface area contributed by atoms with Crippen LogP contribution in [0.1, 0.15) is 0 Å². The molecule has 4 nitrogen and oxygen atoms in total. The zero-order valence-electron chi connectivity index (χ0n) is 14.0. The third kappa shape index (κ3) is 2.29. The van der Waals surface area contributed by atoms with Crippen molar-refractivity contribution in [2.45, 2.75) is 0 Å². The molecule has 0 spiro atoms. The van der Waals surface area contributed by atoms with Crippen LogP contribution in [-0.2, 0) is 0 Å². The van der Waals surface area contributed by atoms with Gasteiger partial charge in [-0.2, -0.15) is 0 Å². The molecule has 0 unspecified atom stereocenters. The first kappa shape index (κ1) is 15.7. The van der Waals surface area contributed by atoms with Crippen molar-refractivity contribution >= 4 is 48.2 Å². The Morgan fingerprint density at radius 2 is 1.77 bits per heavy atom. The minimum Gasteiger partial charge on any atom is -0.353 e. The van der Waals surface area contributed by atoms with Crippen LogP contribution < -0.4 is 15.6 Å². The van der Waals surface area contributed by atoms with Crippen molar-refractivity contribution in [3.8, 4) is 0 Å². The lowest BCUT2D eigenvalue weighted by molar-refractivity contribution is 0.587. The highest BCUT2D eigenvalue weighted by Gasteiger charge is 2.20. The topological polar surface area (TPSA) is 45.2 Å². The number of nitrogens with zero attached hydrogens (tertiary/aromatic N) is 2. The quantitative estimate of drug-likeness (QED) is 0.414. The van der Waals surface area contributed by atoms with Crippen molar-refractivity contribution in [2.75, 3.05) is 31.1 Å². The average Bonchev–Trinajstić information content (AvgIpc) is 2.69. The molecule has 6 heteroatoms. The second-order valence-corrected chi connectivity index (χ2v) is 7.46. The molecule has 1 saturated heterocycles. The van der Waals surface area contributed by atoms with Crippen molar-refractivity contribution in [2.24, 2.45) is 0 Å². The van der Waals surface area contributed by atoms with Crippen LogP contribution in [-0.4, -0.2) is 31.2 Å². The molecule has 0 radical (unpaired) electrons. The number of rotatable bonds is 1. The lowest BCUT2D eigenvalue weighted by atomic mass is 10.1. The molecule has 2 aromatic carbocycles. The molecule has 0 atom stereocenters. The summed E-state index contributed by atoms with van der Waals surface area (Å²) in [5.74, 6) is 0.429. The van der Waals surface area contributed by atoms with Gasteiger partial charge in [0.05, 0.1) is 20.3 Å². The minimum atomic E-state index is -0.356. The Hall–Kier alpha value is -2.57. The molecule has 4 aromatic rings. The van der Waals surface area contributed by atoms with Gasteiger partial charge in [0.25, 0.3) is 0 Å². The van der Waals surface area contributed by atoms with Crippen molar-refractivity contribution < 1.29 is 4.39 Å². The molecule has 5 rings (SSSR count). The van der Waals surface area contributed by atoms with E-state index in [9.17, 15) is 9.18 Å². The number of piperazine rings is 1. The smallest absolute Gasteiger partial charge is 0.196 e. The molecule has 0 aliphatic carbocycles. The Morgan fingerprint density at radius 3 is 2.62 bits per heavy atom. The van der Waals surface area contributed by atoms with E-state index in [0.717, 1.165) is 47.6 Å². The molecule has 1 N–H and O–H groups in total. The van der Waals surface area contributed by atoms with Crippen LogP contribution in [0, 0.1) is 5.82 Å². The van der Waals surface area contributed by atoms with Gasteiger partial charge in [-0.25, -0.2) is 9.37 Å². The van der Waals surface area contributed by atoms with E-state index in [1.54, 1.807) is 12.1 Å². The zero-order chi connectivity index (χ0) is 17.7. The van der Waals surface area contributed by atoms with Crippen molar-refractivity contribution in [3.63, 3.8) is 0 Å². The summed E-state index contributed by atoms with van der Waals surface area (Å²) in [5, 5.41) is 5.24. The van der Waals surface area contributed by atoms with Crippen LogP contribution in [0.5, 0.6) is 0 Å². The predicted molar refractivity (Wildman–Crippen MR) is 106 cm³/mol. The van der Waals surface area contributed by atoms with Crippen LogP contribution in [0.3, 0.4) is 0 Å². The van der Waals surface area contributed by atoms with E-state index in [4.69, 9.17) is 4.98 Å². The monoisotopic (exact) mass is 365 g/mol. The van der Waals surface area contributed by atoms with E-state index in [-0.39, 0.29) is 11.2 Å². The summed E-state index contributed by atoms with van der Waals surface area (Å²) in [6.07, 6.45) is 0. The molecular weight excluding hydrogens is 349 g/mol. The van der Waals surface area contributed by atoms with Gasteiger partial charge in [0.1, 0.15) is 11.6 Å². The molecule has 2 aromatic heterocycles. The maximum atomic E-state index is 14.4. The normalized spacial score (nSPS) is 15.2. The molecule has 0 amide bonds. The zero-order valence-corrected chi connectivity index (χ0v) is 14.8. The number of para-hydroxylation sites is 1. The fraction of sp³-hybridized carbons (Fsp3) is 0.200. The van der Waals surface area contributed by atoms with E-state index >= 15 is 0 Å². The Labute approximate surface area is 152 Å². The van der Waals surface area contributed by atoms with Gasteiger partial charge in [0.15, 0.2) is 5.43 Å². The van der Waals surface area contributed by atoms with Crippen LogP contribution >= 0.6 is 11.3 Å². The molecule has 3 heterocycles. The summed E-state index contributed by atoms with van der Waals surface area (Å²) >= 11 is 1.33. The SMILES string of the molecule is O=c1c2cccc(F)c2sc2c(N3CCNCC3)nc3ccccc3c12. The van der Waals surface area contributed by atoms with Gasteiger partial charge >= 0.3 is 0 Å². The lowest BCUT2D eigenvalue weighted by Crippen LogP contribution is -2.44. The van der Waals surface area contributed by atoms with Crippen LogP contribution in [0.2, 0.25) is 0 Å². The summed E-state index contributed by atoms with van der Waals surface area (Å²) in [5.41, 5.74) is 0.678. The van der Waals surface area contributed by atoms with Gasteiger partial charge in [0.2, 0.25) is 0 Å². The molecule has 26 heavy (non-hydrogen) atoms. The molecule has 1 aliphatic heterocycles. The number of anilines is 1. The van der Waals surface area contributed by atoms with Crippen LogP contribution in [0.15, 0.2) is 47.3 Å². The second-order valence-electron chi connectivity index (χ2n) is 6.44. The largest absolute Gasteiger partial charge is 0.353 e. The number of benzene rings is 2. The van der Waals surface area contributed by atoms with Crippen LogP contribution in [0.25, 0.3) is 31.1 Å².